The van der Waals surface area contributed by atoms with Gasteiger partial charge >= 0.3 is 6.03 Å². The van der Waals surface area contributed by atoms with Crippen LogP contribution in [0.4, 0.5) is 16.2 Å². The Morgan fingerprint density at radius 2 is 1.42 bits per heavy atom. The maximum atomic E-state index is 12.0. The first-order chi connectivity index (χ1) is 11.7. The van der Waals surface area contributed by atoms with E-state index in [2.05, 4.69) is 27.7 Å². The van der Waals surface area contributed by atoms with Gasteiger partial charge in [-0.15, -0.1) is 0 Å². The molecule has 3 rings (SSSR count). The minimum absolute atomic E-state index is 0.263. The lowest BCUT2D eigenvalue weighted by Crippen LogP contribution is -2.29. The van der Waals surface area contributed by atoms with Crippen LogP contribution in [-0.2, 0) is 6.54 Å². The first kappa shape index (κ1) is 16.8. The van der Waals surface area contributed by atoms with E-state index in [9.17, 15) is 4.79 Å². The number of urea groups is 1. The van der Waals surface area contributed by atoms with Gasteiger partial charge in [0.1, 0.15) is 0 Å². The van der Waals surface area contributed by atoms with Crippen molar-refractivity contribution in [3.8, 4) is 0 Å². The lowest BCUT2D eigenvalue weighted by Gasteiger charge is -2.26. The highest BCUT2D eigenvalue weighted by molar-refractivity contribution is 6.30. The number of halogens is 1. The molecule has 0 radical (unpaired) electrons. The van der Waals surface area contributed by atoms with Gasteiger partial charge in [-0.1, -0.05) is 30.2 Å². The number of rotatable bonds is 4. The third kappa shape index (κ3) is 4.98. The van der Waals surface area contributed by atoms with Gasteiger partial charge in [-0.2, -0.15) is 0 Å². The van der Waals surface area contributed by atoms with E-state index in [1.807, 2.05) is 12.1 Å². The second-order valence-electron chi connectivity index (χ2n) is 6.12. The molecule has 0 spiro atoms. The second-order valence-corrected chi connectivity index (χ2v) is 6.56. The Bertz CT molecular complexity index is 664. The average molecular weight is 344 g/mol. The minimum atomic E-state index is -0.263. The molecule has 0 bridgehead atoms. The summed E-state index contributed by atoms with van der Waals surface area (Å²) in [6.07, 6.45) is 3.94. The Hall–Kier alpha value is -2.04. The number of nitrogens with one attached hydrogen (secondary N) is 2. The lowest BCUT2D eigenvalue weighted by atomic mass is 10.1. The van der Waals surface area contributed by atoms with Gasteiger partial charge in [0, 0.05) is 22.9 Å². The molecule has 1 fully saturated rings. The van der Waals surface area contributed by atoms with Crippen LogP contribution in [0.3, 0.4) is 0 Å². The van der Waals surface area contributed by atoms with Gasteiger partial charge in [0.05, 0.1) is 0 Å². The molecule has 2 N–H and O–H groups in total. The van der Waals surface area contributed by atoms with Gasteiger partial charge in [0.2, 0.25) is 0 Å². The summed E-state index contributed by atoms with van der Waals surface area (Å²) in [6.45, 7) is 3.35. The molecule has 2 amide bonds. The van der Waals surface area contributed by atoms with Crippen LogP contribution in [-0.4, -0.2) is 24.0 Å². The molecule has 5 heteroatoms. The number of carbonyl (C=O) groups excluding carboxylic acids is 1. The quantitative estimate of drug-likeness (QED) is 0.823. The summed E-state index contributed by atoms with van der Waals surface area (Å²) in [5.41, 5.74) is 2.77. The molecule has 1 heterocycles. The van der Waals surface area contributed by atoms with Gasteiger partial charge in [-0.25, -0.2) is 4.79 Å². The topological polar surface area (TPSA) is 44.4 Å². The summed E-state index contributed by atoms with van der Waals surface area (Å²) < 4.78 is 0. The number of carbonyl (C=O) groups is 1. The summed E-state index contributed by atoms with van der Waals surface area (Å²) in [4.78, 5) is 14.5. The van der Waals surface area contributed by atoms with Crippen LogP contribution in [0.15, 0.2) is 48.5 Å². The molecular formula is C19H22ClN3O. The van der Waals surface area contributed by atoms with E-state index in [1.54, 1.807) is 24.3 Å². The number of benzene rings is 2. The molecule has 1 aliphatic heterocycles. The molecule has 1 saturated heterocycles. The van der Waals surface area contributed by atoms with Crippen LogP contribution in [0.25, 0.3) is 0 Å². The van der Waals surface area contributed by atoms with Gasteiger partial charge in [-0.3, -0.25) is 4.90 Å². The van der Waals surface area contributed by atoms with Crippen LogP contribution >= 0.6 is 11.6 Å². The third-order valence-electron chi connectivity index (χ3n) is 4.17. The van der Waals surface area contributed by atoms with Crippen LogP contribution in [0, 0.1) is 0 Å². The highest BCUT2D eigenvalue weighted by atomic mass is 35.5. The molecule has 2 aromatic carbocycles. The van der Waals surface area contributed by atoms with Crippen molar-refractivity contribution in [3.05, 3.63) is 59.1 Å². The summed E-state index contributed by atoms with van der Waals surface area (Å²) >= 11 is 5.83. The first-order valence-corrected chi connectivity index (χ1v) is 8.72. The first-order valence-electron chi connectivity index (χ1n) is 8.34. The van der Waals surface area contributed by atoms with E-state index in [0.29, 0.717) is 10.7 Å². The fourth-order valence-corrected chi connectivity index (χ4v) is 3.02. The SMILES string of the molecule is O=C(Nc1ccc(Cl)cc1)Nc1ccc(CN2CCCCC2)cc1. The van der Waals surface area contributed by atoms with Gasteiger partial charge in [0.25, 0.3) is 0 Å². The molecule has 4 nitrogen and oxygen atoms in total. The number of piperidine rings is 1. The zero-order valence-electron chi connectivity index (χ0n) is 13.6. The number of hydrogen-bond donors (Lipinski definition) is 2. The number of hydrogen-bond acceptors (Lipinski definition) is 2. The van der Waals surface area contributed by atoms with Crippen molar-refractivity contribution in [1.29, 1.82) is 0 Å². The molecule has 0 saturated carbocycles. The molecule has 0 atom stereocenters. The fraction of sp³-hybridized carbons (Fsp3) is 0.316. The predicted octanol–water partition coefficient (Wildman–Crippen LogP) is 4.97. The van der Waals surface area contributed by atoms with Crippen molar-refractivity contribution in [2.45, 2.75) is 25.8 Å². The van der Waals surface area contributed by atoms with E-state index in [1.165, 1.54) is 37.9 Å². The van der Waals surface area contributed by atoms with Gasteiger partial charge in [-0.05, 0) is 67.9 Å². The molecule has 24 heavy (non-hydrogen) atoms. The number of likely N-dealkylation sites (tertiary alicyclic amines) is 1. The van der Waals surface area contributed by atoms with E-state index >= 15 is 0 Å². The Kier molecular flexibility index (Phi) is 5.72. The number of amides is 2. The van der Waals surface area contributed by atoms with Crippen molar-refractivity contribution in [1.82, 2.24) is 4.90 Å². The number of nitrogens with zero attached hydrogens (tertiary/aromatic N) is 1. The van der Waals surface area contributed by atoms with Crippen LogP contribution in [0.2, 0.25) is 5.02 Å². The highest BCUT2D eigenvalue weighted by Gasteiger charge is 2.10. The molecule has 0 aromatic heterocycles. The Morgan fingerprint density at radius 3 is 2.00 bits per heavy atom. The average Bonchev–Trinajstić information content (AvgIpc) is 2.60. The summed E-state index contributed by atoms with van der Waals surface area (Å²) in [5, 5.41) is 6.26. The van der Waals surface area contributed by atoms with Gasteiger partial charge < -0.3 is 10.6 Å². The Balaban J connectivity index is 1.51. The smallest absolute Gasteiger partial charge is 0.308 e. The number of anilines is 2. The van der Waals surface area contributed by atoms with Crippen LogP contribution in [0.5, 0.6) is 0 Å². The highest BCUT2D eigenvalue weighted by Crippen LogP contribution is 2.16. The van der Waals surface area contributed by atoms with E-state index in [0.717, 1.165) is 12.2 Å². The molecule has 126 valence electrons. The Labute approximate surface area is 147 Å². The largest absolute Gasteiger partial charge is 0.323 e. The maximum Gasteiger partial charge on any atom is 0.323 e. The van der Waals surface area contributed by atoms with Crippen molar-refractivity contribution >= 4 is 29.0 Å². The van der Waals surface area contributed by atoms with Crippen molar-refractivity contribution in [2.24, 2.45) is 0 Å². The maximum absolute atomic E-state index is 12.0. The van der Waals surface area contributed by atoms with Crippen LogP contribution in [0.1, 0.15) is 24.8 Å². The molecule has 0 unspecified atom stereocenters. The van der Waals surface area contributed by atoms with Gasteiger partial charge in [0.15, 0.2) is 0 Å². The summed E-state index contributed by atoms with van der Waals surface area (Å²) in [6, 6.07) is 14.8. The molecule has 2 aromatic rings. The lowest BCUT2D eigenvalue weighted by molar-refractivity contribution is 0.221. The standard InChI is InChI=1S/C19H22ClN3O/c20-16-6-10-18(11-7-16)22-19(24)21-17-8-4-15(5-9-17)14-23-12-2-1-3-13-23/h4-11H,1-3,12-14H2,(H2,21,22,24). The van der Waals surface area contributed by atoms with Crippen molar-refractivity contribution < 1.29 is 4.79 Å². The summed E-state index contributed by atoms with van der Waals surface area (Å²) in [7, 11) is 0. The van der Waals surface area contributed by atoms with E-state index < -0.39 is 0 Å². The fourth-order valence-electron chi connectivity index (χ4n) is 2.90. The molecular weight excluding hydrogens is 322 g/mol. The van der Waals surface area contributed by atoms with E-state index in [-0.39, 0.29) is 6.03 Å². The third-order valence-corrected chi connectivity index (χ3v) is 4.42. The van der Waals surface area contributed by atoms with Crippen molar-refractivity contribution in [2.75, 3.05) is 23.7 Å². The Morgan fingerprint density at radius 1 is 0.875 bits per heavy atom. The minimum Gasteiger partial charge on any atom is -0.308 e. The zero-order valence-corrected chi connectivity index (χ0v) is 14.4. The van der Waals surface area contributed by atoms with Crippen molar-refractivity contribution in [3.63, 3.8) is 0 Å². The zero-order chi connectivity index (χ0) is 16.8. The second kappa shape index (κ2) is 8.18. The molecule has 1 aliphatic rings. The normalized spacial score (nSPS) is 15.0. The van der Waals surface area contributed by atoms with Crippen LogP contribution < -0.4 is 10.6 Å². The summed E-state index contributed by atoms with van der Waals surface area (Å²) in [5.74, 6) is 0. The molecule has 0 aliphatic carbocycles. The predicted molar refractivity (Wildman–Crippen MR) is 99.7 cm³/mol. The van der Waals surface area contributed by atoms with E-state index in [4.69, 9.17) is 11.6 Å². The monoisotopic (exact) mass is 343 g/mol.